The normalized spacial score (nSPS) is 13.0. The van der Waals surface area contributed by atoms with Crippen LogP contribution in [0, 0.1) is 5.92 Å². The molecule has 6 nitrogen and oxygen atoms in total. The van der Waals surface area contributed by atoms with Gasteiger partial charge in [0, 0.05) is 11.6 Å². The molecule has 0 saturated carbocycles. The van der Waals surface area contributed by atoms with Crippen molar-refractivity contribution < 1.29 is 18.3 Å². The van der Waals surface area contributed by atoms with Gasteiger partial charge in [0.2, 0.25) is 10.0 Å². The number of aliphatic hydroxyl groups excluding tert-OH is 1. The largest absolute Gasteiger partial charge is 0.387 e. The summed E-state index contributed by atoms with van der Waals surface area (Å²) in [5.41, 5.74) is 5.29. The highest BCUT2D eigenvalue weighted by molar-refractivity contribution is 7.89. The minimum atomic E-state index is -3.63. The van der Waals surface area contributed by atoms with Crippen LogP contribution < -0.4 is 10.0 Å². The third kappa shape index (κ3) is 9.27. The van der Waals surface area contributed by atoms with Crippen molar-refractivity contribution >= 4 is 28.3 Å². The van der Waals surface area contributed by atoms with Crippen LogP contribution in [0.1, 0.15) is 53.9 Å². The molecular formula is C29H37ClN2O4S. The van der Waals surface area contributed by atoms with E-state index in [-0.39, 0.29) is 18.4 Å². The number of benzene rings is 3. The number of nitrogens with one attached hydrogen (secondary N) is 2. The zero-order valence-electron chi connectivity index (χ0n) is 21.8. The van der Waals surface area contributed by atoms with Crippen molar-refractivity contribution in [3.63, 3.8) is 0 Å². The van der Waals surface area contributed by atoms with E-state index in [1.165, 1.54) is 5.56 Å². The van der Waals surface area contributed by atoms with Gasteiger partial charge in [0.1, 0.15) is 0 Å². The molecule has 0 aliphatic heterocycles. The monoisotopic (exact) mass is 544 g/mol. The average Bonchev–Trinajstić information content (AvgIpc) is 2.83. The number of halogens is 1. The van der Waals surface area contributed by atoms with Crippen LogP contribution in [0.3, 0.4) is 0 Å². The van der Waals surface area contributed by atoms with Gasteiger partial charge in [0.15, 0.2) is 0 Å². The van der Waals surface area contributed by atoms with Crippen molar-refractivity contribution in [2.75, 3.05) is 12.8 Å². The summed E-state index contributed by atoms with van der Waals surface area (Å²) in [5, 5.41) is 13.9. The highest BCUT2D eigenvalue weighted by atomic mass is 35.5. The van der Waals surface area contributed by atoms with E-state index in [1.54, 1.807) is 6.07 Å². The fourth-order valence-corrected chi connectivity index (χ4v) is 4.63. The Morgan fingerprint density at radius 3 is 2.14 bits per heavy atom. The van der Waals surface area contributed by atoms with Gasteiger partial charge in [-0.3, -0.25) is 4.79 Å². The van der Waals surface area contributed by atoms with E-state index in [0.29, 0.717) is 17.9 Å². The van der Waals surface area contributed by atoms with Gasteiger partial charge >= 0.3 is 0 Å². The lowest BCUT2D eigenvalue weighted by Gasteiger charge is -2.20. The number of carbonyl (C=O) groups excluding carboxylic acids is 1. The van der Waals surface area contributed by atoms with Crippen molar-refractivity contribution in [1.29, 1.82) is 0 Å². The van der Waals surface area contributed by atoms with Crippen LogP contribution in [0.15, 0.2) is 72.8 Å². The van der Waals surface area contributed by atoms with E-state index < -0.39 is 22.0 Å². The first-order valence-corrected chi connectivity index (χ1v) is 14.1. The summed E-state index contributed by atoms with van der Waals surface area (Å²) in [6.07, 6.45) is 1.91. The third-order valence-electron chi connectivity index (χ3n) is 6.04. The average molecular weight is 545 g/mol. The maximum atomic E-state index is 12.5. The molecule has 3 N–H and O–H groups in total. The smallest absolute Gasteiger partial charge is 0.264 e. The summed E-state index contributed by atoms with van der Waals surface area (Å²) >= 11 is 0. The third-order valence-corrected chi connectivity index (χ3v) is 6.59. The van der Waals surface area contributed by atoms with Crippen LogP contribution in [-0.4, -0.2) is 38.3 Å². The summed E-state index contributed by atoms with van der Waals surface area (Å²) in [7, 11) is -3.63. The fraction of sp³-hybridized carbons (Fsp3) is 0.345. The van der Waals surface area contributed by atoms with Gasteiger partial charge in [-0.25, -0.2) is 13.1 Å². The maximum Gasteiger partial charge on any atom is 0.264 e. The summed E-state index contributed by atoms with van der Waals surface area (Å²) in [6, 6.07) is 23.4. The van der Waals surface area contributed by atoms with Crippen molar-refractivity contribution in [3.8, 4) is 11.1 Å². The molecule has 0 bridgehead atoms. The van der Waals surface area contributed by atoms with Crippen LogP contribution in [0.2, 0.25) is 0 Å². The maximum absolute atomic E-state index is 12.5. The molecule has 0 aliphatic rings. The number of hydrogen-bond donors (Lipinski definition) is 3. The number of carbonyl (C=O) groups is 1. The van der Waals surface area contributed by atoms with Gasteiger partial charge in [-0.1, -0.05) is 80.6 Å². The van der Waals surface area contributed by atoms with Crippen LogP contribution in [0.25, 0.3) is 11.1 Å². The molecule has 8 heteroatoms. The van der Waals surface area contributed by atoms with Gasteiger partial charge in [-0.05, 0) is 66.1 Å². The van der Waals surface area contributed by atoms with Crippen LogP contribution in [0.5, 0.6) is 0 Å². The molecule has 0 saturated heterocycles. The summed E-state index contributed by atoms with van der Waals surface area (Å²) < 4.78 is 25.1. The predicted octanol–water partition coefficient (Wildman–Crippen LogP) is 4.92. The molecule has 0 spiro atoms. The molecule has 1 amide bonds. The molecule has 3 aromatic carbocycles. The second-order valence-corrected chi connectivity index (χ2v) is 11.5. The number of hydrogen-bond acceptors (Lipinski definition) is 5. The molecular weight excluding hydrogens is 508 g/mol. The minimum Gasteiger partial charge on any atom is -0.387 e. The highest BCUT2D eigenvalue weighted by Crippen LogP contribution is 2.25. The van der Waals surface area contributed by atoms with E-state index in [4.69, 9.17) is 0 Å². The first-order chi connectivity index (χ1) is 17.0. The zero-order valence-corrected chi connectivity index (χ0v) is 23.4. The van der Waals surface area contributed by atoms with Gasteiger partial charge in [0.05, 0.1) is 12.4 Å². The summed E-state index contributed by atoms with van der Waals surface area (Å²) in [5.74, 6) is -0.295. The standard InChI is InChI=1S/C29H36N2O4S.ClH/c1-20(2)18-26-19-25(14-15-27(26)29(33)31-36(4,34)35)23-12-10-22(11-13-23)16-17-30-21(3)28(32)24-8-6-5-7-9-24;/h5-15,19-21,28,30,32H,16-18H2,1-4H3,(H,31,33);1H/t21-,28+;/m0./s1. The van der Waals surface area contributed by atoms with Gasteiger partial charge in [-0.15, -0.1) is 12.4 Å². The van der Waals surface area contributed by atoms with E-state index >= 15 is 0 Å². The Morgan fingerprint density at radius 2 is 1.54 bits per heavy atom. The second-order valence-electron chi connectivity index (χ2n) is 9.72. The predicted molar refractivity (Wildman–Crippen MR) is 153 cm³/mol. The fourth-order valence-electron chi connectivity index (χ4n) is 4.19. The Labute approximate surface area is 227 Å². The molecule has 2 atom stereocenters. The Morgan fingerprint density at radius 1 is 0.919 bits per heavy atom. The molecule has 0 fully saturated rings. The first-order valence-electron chi connectivity index (χ1n) is 12.2. The molecule has 3 rings (SSSR count). The molecule has 0 aliphatic carbocycles. The quantitative estimate of drug-likeness (QED) is 0.318. The van der Waals surface area contributed by atoms with Crippen molar-refractivity contribution in [1.82, 2.24) is 10.0 Å². The van der Waals surface area contributed by atoms with Gasteiger partial charge in [-0.2, -0.15) is 0 Å². The van der Waals surface area contributed by atoms with E-state index in [2.05, 4.69) is 48.2 Å². The Bertz CT molecular complexity index is 1260. The lowest BCUT2D eigenvalue weighted by molar-refractivity contribution is 0.0980. The SMILES string of the molecule is CC(C)Cc1cc(-c2ccc(CCN[C@@H](C)[C@@H](O)c3ccccc3)cc2)ccc1C(=O)NS(C)(=O)=O.Cl. The topological polar surface area (TPSA) is 95.5 Å². The zero-order chi connectivity index (χ0) is 26.3. The summed E-state index contributed by atoms with van der Waals surface area (Å²) in [4.78, 5) is 12.5. The molecule has 0 heterocycles. The van der Waals surface area contributed by atoms with Crippen molar-refractivity contribution in [2.45, 2.75) is 45.8 Å². The molecule has 37 heavy (non-hydrogen) atoms. The Kier molecular flexibility index (Phi) is 11.3. The van der Waals surface area contributed by atoms with Crippen molar-refractivity contribution in [2.24, 2.45) is 5.92 Å². The summed E-state index contributed by atoms with van der Waals surface area (Å²) in [6.45, 7) is 6.85. The van der Waals surface area contributed by atoms with E-state index in [0.717, 1.165) is 41.5 Å². The van der Waals surface area contributed by atoms with Crippen LogP contribution in [-0.2, 0) is 22.9 Å². The van der Waals surface area contributed by atoms with Gasteiger partial charge in [0.25, 0.3) is 5.91 Å². The molecule has 0 radical (unpaired) electrons. The molecule has 200 valence electrons. The molecule has 3 aromatic rings. The Balaban J connectivity index is 0.00000481. The lowest BCUT2D eigenvalue weighted by Crippen LogP contribution is -2.33. The number of sulfonamides is 1. The van der Waals surface area contributed by atoms with Gasteiger partial charge < -0.3 is 10.4 Å². The Hall–Kier alpha value is -2.71. The number of amides is 1. The first kappa shape index (κ1) is 30.5. The van der Waals surface area contributed by atoms with E-state index in [1.807, 2.05) is 49.4 Å². The van der Waals surface area contributed by atoms with Crippen LogP contribution in [0.4, 0.5) is 0 Å². The van der Waals surface area contributed by atoms with Crippen LogP contribution >= 0.6 is 12.4 Å². The molecule has 0 aromatic heterocycles. The highest BCUT2D eigenvalue weighted by Gasteiger charge is 2.17. The number of aliphatic hydroxyl groups is 1. The van der Waals surface area contributed by atoms with Crippen molar-refractivity contribution in [3.05, 3.63) is 95.1 Å². The van der Waals surface area contributed by atoms with E-state index in [9.17, 15) is 18.3 Å². The number of rotatable bonds is 11. The minimum absolute atomic E-state index is 0. The lowest BCUT2D eigenvalue weighted by atomic mass is 9.93. The molecule has 0 unspecified atom stereocenters. The second kappa shape index (κ2) is 13.7.